The lowest BCUT2D eigenvalue weighted by Crippen LogP contribution is -2.21. The minimum atomic E-state index is -0.373. The molecule has 1 fully saturated rings. The maximum absolute atomic E-state index is 14.2. The monoisotopic (exact) mass is 282 g/mol. The number of aromatic nitrogens is 1. The average Bonchev–Trinajstić information content (AvgIpc) is 2.92. The molecule has 0 saturated carbocycles. The Balaban J connectivity index is 1.88. The van der Waals surface area contributed by atoms with Gasteiger partial charge in [0.1, 0.15) is 6.61 Å². The molecule has 0 bridgehead atoms. The number of halogens is 1. The molecule has 1 aliphatic heterocycles. The van der Waals surface area contributed by atoms with E-state index in [0.717, 1.165) is 26.0 Å². The van der Waals surface area contributed by atoms with Crippen LogP contribution in [-0.4, -0.2) is 30.8 Å². The van der Waals surface area contributed by atoms with Crippen LogP contribution in [0.2, 0.25) is 0 Å². The SMILES string of the molecule is CC(C)CNCc1ccnc(OCC2CCCO2)c1F. The highest BCUT2D eigenvalue weighted by atomic mass is 19.1. The predicted molar refractivity (Wildman–Crippen MR) is 75.2 cm³/mol. The molecule has 0 aliphatic carbocycles. The zero-order chi connectivity index (χ0) is 14.4. The molecule has 5 heteroatoms. The maximum Gasteiger partial charge on any atom is 0.250 e. The van der Waals surface area contributed by atoms with Crippen LogP contribution < -0.4 is 10.1 Å². The summed E-state index contributed by atoms with van der Waals surface area (Å²) < 4.78 is 25.1. The summed E-state index contributed by atoms with van der Waals surface area (Å²) in [5.74, 6) is 0.237. The zero-order valence-corrected chi connectivity index (χ0v) is 12.2. The normalized spacial score (nSPS) is 18.7. The number of rotatable bonds is 7. The fraction of sp³-hybridized carbons (Fsp3) is 0.667. The summed E-state index contributed by atoms with van der Waals surface area (Å²) in [6.45, 7) is 6.71. The number of ether oxygens (including phenoxy) is 2. The van der Waals surface area contributed by atoms with Gasteiger partial charge in [0.15, 0.2) is 5.82 Å². The van der Waals surface area contributed by atoms with Crippen LogP contribution in [0.25, 0.3) is 0 Å². The molecule has 4 nitrogen and oxygen atoms in total. The molecule has 1 unspecified atom stereocenters. The van der Waals surface area contributed by atoms with Crippen molar-refractivity contribution in [3.05, 3.63) is 23.6 Å². The van der Waals surface area contributed by atoms with Gasteiger partial charge in [-0.25, -0.2) is 9.37 Å². The van der Waals surface area contributed by atoms with Gasteiger partial charge in [-0.2, -0.15) is 0 Å². The summed E-state index contributed by atoms with van der Waals surface area (Å²) in [4.78, 5) is 3.96. The number of nitrogens with one attached hydrogen (secondary N) is 1. The summed E-state index contributed by atoms with van der Waals surface area (Å²) in [5.41, 5.74) is 0.586. The van der Waals surface area contributed by atoms with Gasteiger partial charge < -0.3 is 14.8 Å². The smallest absolute Gasteiger partial charge is 0.250 e. The van der Waals surface area contributed by atoms with E-state index in [4.69, 9.17) is 9.47 Å². The molecule has 1 atom stereocenters. The van der Waals surface area contributed by atoms with Gasteiger partial charge in [-0.3, -0.25) is 0 Å². The number of hydrogen-bond donors (Lipinski definition) is 1. The average molecular weight is 282 g/mol. The molecule has 0 spiro atoms. The minimum absolute atomic E-state index is 0.0684. The van der Waals surface area contributed by atoms with Gasteiger partial charge in [-0.05, 0) is 31.4 Å². The number of nitrogens with zero attached hydrogens (tertiary/aromatic N) is 1. The standard InChI is InChI=1S/C15H23FN2O2/c1-11(2)8-17-9-12-5-6-18-15(14(12)16)20-10-13-4-3-7-19-13/h5-6,11,13,17H,3-4,7-10H2,1-2H3. The Hall–Kier alpha value is -1.20. The van der Waals surface area contributed by atoms with E-state index in [9.17, 15) is 4.39 Å². The van der Waals surface area contributed by atoms with Crippen LogP contribution in [0, 0.1) is 11.7 Å². The fourth-order valence-corrected chi connectivity index (χ4v) is 2.14. The van der Waals surface area contributed by atoms with Crippen molar-refractivity contribution in [2.24, 2.45) is 5.92 Å². The summed E-state index contributed by atoms with van der Waals surface area (Å²) in [6, 6.07) is 1.68. The van der Waals surface area contributed by atoms with E-state index >= 15 is 0 Å². The molecule has 0 amide bonds. The molecular weight excluding hydrogens is 259 g/mol. The van der Waals surface area contributed by atoms with Crippen molar-refractivity contribution < 1.29 is 13.9 Å². The van der Waals surface area contributed by atoms with Crippen molar-refractivity contribution in [2.75, 3.05) is 19.8 Å². The molecule has 1 aromatic rings. The predicted octanol–water partition coefficient (Wildman–Crippen LogP) is 2.52. The van der Waals surface area contributed by atoms with Crippen LogP contribution in [0.4, 0.5) is 4.39 Å². The van der Waals surface area contributed by atoms with Crippen LogP contribution in [0.3, 0.4) is 0 Å². The number of pyridine rings is 1. The molecule has 2 rings (SSSR count). The van der Waals surface area contributed by atoms with E-state index in [1.165, 1.54) is 0 Å². The molecule has 1 saturated heterocycles. The second-order valence-corrected chi connectivity index (χ2v) is 5.56. The molecule has 20 heavy (non-hydrogen) atoms. The van der Waals surface area contributed by atoms with Crippen LogP contribution in [0.5, 0.6) is 5.88 Å². The van der Waals surface area contributed by atoms with Gasteiger partial charge in [-0.1, -0.05) is 13.8 Å². The molecule has 1 aliphatic rings. The van der Waals surface area contributed by atoms with Crippen LogP contribution in [-0.2, 0) is 11.3 Å². The fourth-order valence-electron chi connectivity index (χ4n) is 2.14. The highest BCUT2D eigenvalue weighted by Gasteiger charge is 2.18. The topological polar surface area (TPSA) is 43.4 Å². The Morgan fingerprint density at radius 1 is 1.55 bits per heavy atom. The Kier molecular flexibility index (Phi) is 5.73. The second kappa shape index (κ2) is 7.55. The van der Waals surface area contributed by atoms with E-state index < -0.39 is 0 Å². The first kappa shape index (κ1) is 15.2. The van der Waals surface area contributed by atoms with Gasteiger partial charge in [-0.15, -0.1) is 0 Å². The molecule has 2 heterocycles. The van der Waals surface area contributed by atoms with Crippen molar-refractivity contribution in [2.45, 2.75) is 39.3 Å². The van der Waals surface area contributed by atoms with Crippen molar-refractivity contribution in [3.8, 4) is 5.88 Å². The van der Waals surface area contributed by atoms with Gasteiger partial charge >= 0.3 is 0 Å². The number of hydrogen-bond acceptors (Lipinski definition) is 4. The van der Waals surface area contributed by atoms with E-state index in [1.54, 1.807) is 12.3 Å². The zero-order valence-electron chi connectivity index (χ0n) is 12.2. The maximum atomic E-state index is 14.2. The minimum Gasteiger partial charge on any atom is -0.473 e. The van der Waals surface area contributed by atoms with E-state index in [1.807, 2.05) is 0 Å². The van der Waals surface area contributed by atoms with Crippen molar-refractivity contribution in [1.82, 2.24) is 10.3 Å². The highest BCUT2D eigenvalue weighted by molar-refractivity contribution is 5.23. The first-order valence-corrected chi connectivity index (χ1v) is 7.25. The first-order valence-electron chi connectivity index (χ1n) is 7.25. The third-order valence-electron chi connectivity index (χ3n) is 3.24. The third kappa shape index (κ3) is 4.42. The van der Waals surface area contributed by atoms with Crippen LogP contribution >= 0.6 is 0 Å². The van der Waals surface area contributed by atoms with Gasteiger partial charge in [0, 0.05) is 24.9 Å². The summed E-state index contributed by atoms with van der Waals surface area (Å²) >= 11 is 0. The Morgan fingerprint density at radius 2 is 2.40 bits per heavy atom. The lowest BCUT2D eigenvalue weighted by Gasteiger charge is -2.13. The van der Waals surface area contributed by atoms with Crippen LogP contribution in [0.1, 0.15) is 32.3 Å². The van der Waals surface area contributed by atoms with Crippen molar-refractivity contribution in [1.29, 1.82) is 0 Å². The Morgan fingerprint density at radius 3 is 3.10 bits per heavy atom. The Labute approximate surface area is 119 Å². The first-order chi connectivity index (χ1) is 9.66. The van der Waals surface area contributed by atoms with E-state index in [0.29, 0.717) is 24.6 Å². The second-order valence-electron chi connectivity index (χ2n) is 5.56. The lowest BCUT2D eigenvalue weighted by molar-refractivity contribution is 0.0647. The largest absolute Gasteiger partial charge is 0.473 e. The quantitative estimate of drug-likeness (QED) is 0.834. The van der Waals surface area contributed by atoms with Crippen molar-refractivity contribution in [3.63, 3.8) is 0 Å². The summed E-state index contributed by atoms with van der Waals surface area (Å²) in [5, 5.41) is 3.22. The third-order valence-corrected chi connectivity index (χ3v) is 3.24. The van der Waals surface area contributed by atoms with Gasteiger partial charge in [0.05, 0.1) is 6.10 Å². The van der Waals surface area contributed by atoms with Gasteiger partial charge in [0.25, 0.3) is 5.88 Å². The highest BCUT2D eigenvalue weighted by Crippen LogP contribution is 2.19. The molecule has 0 radical (unpaired) electrons. The molecule has 1 aromatic heterocycles. The van der Waals surface area contributed by atoms with Crippen LogP contribution in [0.15, 0.2) is 12.3 Å². The molecule has 112 valence electrons. The summed E-state index contributed by atoms with van der Waals surface area (Å²) in [7, 11) is 0. The molecule has 0 aromatic carbocycles. The van der Waals surface area contributed by atoms with E-state index in [2.05, 4.69) is 24.1 Å². The molecular formula is C15H23FN2O2. The van der Waals surface area contributed by atoms with Crippen molar-refractivity contribution >= 4 is 0 Å². The Bertz CT molecular complexity index is 420. The lowest BCUT2D eigenvalue weighted by atomic mass is 10.2. The van der Waals surface area contributed by atoms with E-state index in [-0.39, 0.29) is 17.8 Å². The molecule has 1 N–H and O–H groups in total. The summed E-state index contributed by atoms with van der Waals surface area (Å²) in [6.07, 6.45) is 3.67. The van der Waals surface area contributed by atoms with Gasteiger partial charge in [0.2, 0.25) is 0 Å².